The van der Waals surface area contributed by atoms with E-state index in [0.717, 1.165) is 36.9 Å². The average molecular weight is 478 g/mol. The van der Waals surface area contributed by atoms with Crippen molar-refractivity contribution in [1.29, 1.82) is 0 Å². The minimum absolute atomic E-state index is 0.0520. The minimum atomic E-state index is -4.53. The maximum Gasteiger partial charge on any atom is 0.401 e. The van der Waals surface area contributed by atoms with Gasteiger partial charge in [-0.25, -0.2) is 0 Å². The molecule has 34 heavy (non-hydrogen) atoms. The van der Waals surface area contributed by atoms with Crippen LogP contribution in [0.25, 0.3) is 17.5 Å². The summed E-state index contributed by atoms with van der Waals surface area (Å²) in [6.45, 7) is 3.60. The second kappa shape index (κ2) is 9.72. The van der Waals surface area contributed by atoms with Gasteiger partial charge in [0.15, 0.2) is 11.6 Å². The Labute approximate surface area is 193 Å². The van der Waals surface area contributed by atoms with E-state index in [-0.39, 0.29) is 18.8 Å². The number of pyridine rings is 1. The molecule has 0 bridgehead atoms. The highest BCUT2D eigenvalue weighted by Gasteiger charge is 2.51. The summed E-state index contributed by atoms with van der Waals surface area (Å²) in [6.07, 6.45) is -1.32. The molecule has 0 spiro atoms. The fraction of sp³-hybridized carbons (Fsp3) is 0.348. The molecule has 0 atom stereocenters. The van der Waals surface area contributed by atoms with Gasteiger partial charge < -0.3 is 24.7 Å². The van der Waals surface area contributed by atoms with E-state index in [9.17, 15) is 23.1 Å². The third kappa shape index (κ3) is 5.48. The molecule has 1 amide bonds. The van der Waals surface area contributed by atoms with Gasteiger partial charge in [-0.1, -0.05) is 11.2 Å². The molecule has 0 saturated carbocycles. The first kappa shape index (κ1) is 25.0. The van der Waals surface area contributed by atoms with Gasteiger partial charge in [0.05, 0.1) is 24.9 Å². The van der Waals surface area contributed by atoms with Crippen LogP contribution in [0.3, 0.4) is 0 Å². The van der Waals surface area contributed by atoms with Gasteiger partial charge in [-0.2, -0.15) is 13.2 Å². The molecule has 0 aromatic carbocycles. The average Bonchev–Trinajstić information content (AvgIpc) is 3.38. The first-order valence-corrected chi connectivity index (χ1v) is 10.3. The molecule has 0 fully saturated rings. The van der Waals surface area contributed by atoms with Gasteiger partial charge in [-0.05, 0) is 50.1 Å². The second-order valence-corrected chi connectivity index (χ2v) is 8.21. The lowest BCUT2D eigenvalue weighted by Crippen LogP contribution is -2.35. The molecule has 11 heteroatoms. The lowest BCUT2D eigenvalue weighted by molar-refractivity contribution is -0.185. The number of alkyl halides is 3. The molecule has 3 aromatic rings. The molecule has 0 aliphatic carbocycles. The molecule has 3 heterocycles. The zero-order valence-electron chi connectivity index (χ0n) is 19.1. The Morgan fingerprint density at radius 2 is 2.03 bits per heavy atom. The minimum Gasteiger partial charge on any atom is -0.499 e. The Kier molecular flexibility index (Phi) is 7.15. The zero-order valence-corrected chi connectivity index (χ0v) is 19.1. The fourth-order valence-electron chi connectivity index (χ4n) is 3.03. The maximum absolute atomic E-state index is 13.1. The number of aliphatic hydroxyl groups excluding tert-OH is 1. The predicted molar refractivity (Wildman–Crippen MR) is 119 cm³/mol. The number of amides is 1. The summed E-state index contributed by atoms with van der Waals surface area (Å²) in [5.41, 5.74) is 1.46. The van der Waals surface area contributed by atoms with Crippen LogP contribution in [0.1, 0.15) is 36.4 Å². The number of aromatic amines is 1. The number of halogens is 3. The molecule has 3 rings (SSSR count). The molecule has 182 valence electrons. The lowest BCUT2D eigenvalue weighted by atomic mass is 9.89. The molecular formula is C23H25F3N4O4. The van der Waals surface area contributed by atoms with Crippen molar-refractivity contribution < 1.29 is 32.3 Å². The van der Waals surface area contributed by atoms with Gasteiger partial charge in [0.2, 0.25) is 5.91 Å². The monoisotopic (exact) mass is 478 g/mol. The molecule has 8 nitrogen and oxygen atoms in total. The summed E-state index contributed by atoms with van der Waals surface area (Å²) in [6, 6.07) is 6.40. The Balaban J connectivity index is 1.66. The Morgan fingerprint density at radius 1 is 1.29 bits per heavy atom. The van der Waals surface area contributed by atoms with Crippen molar-refractivity contribution >= 4 is 17.8 Å². The smallest absolute Gasteiger partial charge is 0.401 e. The summed E-state index contributed by atoms with van der Waals surface area (Å²) in [7, 11) is 1.48. The van der Waals surface area contributed by atoms with Crippen LogP contribution in [0.2, 0.25) is 0 Å². The number of nitrogens with one attached hydrogen (secondary N) is 2. The van der Waals surface area contributed by atoms with Crippen LogP contribution in [0, 0.1) is 6.92 Å². The number of aliphatic hydroxyl groups is 1. The van der Waals surface area contributed by atoms with E-state index < -0.39 is 23.3 Å². The number of carbonyl (C=O) groups excluding carboxylic acids is 1. The van der Waals surface area contributed by atoms with Crippen molar-refractivity contribution in [2.75, 3.05) is 19.0 Å². The summed E-state index contributed by atoms with van der Waals surface area (Å²) in [5, 5.41) is 15.2. The van der Waals surface area contributed by atoms with Crippen molar-refractivity contribution in [3.63, 3.8) is 0 Å². The quantitative estimate of drug-likeness (QED) is 0.415. The fourth-order valence-corrected chi connectivity index (χ4v) is 3.03. The van der Waals surface area contributed by atoms with Crippen LogP contribution in [0.15, 0.2) is 40.7 Å². The number of carbonyl (C=O) groups is 1. The van der Waals surface area contributed by atoms with E-state index in [4.69, 9.17) is 9.26 Å². The van der Waals surface area contributed by atoms with Crippen LogP contribution in [-0.2, 0) is 21.4 Å². The topological polar surface area (TPSA) is 113 Å². The summed E-state index contributed by atoms with van der Waals surface area (Å²) >= 11 is 0. The maximum atomic E-state index is 13.1. The standard InChI is InChI=1S/C23H25F3N4O4/c1-13-15(8-16(12-31)33-4)9-18(28-13)17-6-5-14(11-27-17)7-21(32)29-20-10-19(34-30-20)22(2,3)23(24,25)26/h5-6,8-11,28,31H,7,12H2,1-4H3,(H,29,30,32)/b16-8+. The van der Waals surface area contributed by atoms with E-state index in [2.05, 4.69) is 20.4 Å². The molecule has 0 unspecified atom stereocenters. The Morgan fingerprint density at radius 3 is 2.62 bits per heavy atom. The van der Waals surface area contributed by atoms with E-state index in [1.54, 1.807) is 18.2 Å². The normalized spacial score (nSPS) is 12.6. The van der Waals surface area contributed by atoms with Crippen LogP contribution < -0.4 is 5.32 Å². The van der Waals surface area contributed by atoms with Gasteiger partial charge >= 0.3 is 6.18 Å². The molecular weight excluding hydrogens is 453 g/mol. The summed E-state index contributed by atoms with van der Waals surface area (Å²) in [5.74, 6) is -0.543. The van der Waals surface area contributed by atoms with Gasteiger partial charge in [0.1, 0.15) is 17.8 Å². The van der Waals surface area contributed by atoms with E-state index >= 15 is 0 Å². The highest BCUT2D eigenvalue weighted by atomic mass is 19.4. The predicted octanol–water partition coefficient (Wildman–Crippen LogP) is 4.37. The zero-order chi connectivity index (χ0) is 25.1. The molecule has 0 radical (unpaired) electrons. The Bertz CT molecular complexity index is 1170. The highest BCUT2D eigenvalue weighted by Crippen LogP contribution is 2.41. The molecule has 0 aliphatic heterocycles. The number of aromatic nitrogens is 3. The SMILES string of the molecule is CO/C(=C/c1cc(-c2ccc(CC(=O)Nc3cc(C(C)(C)C(F)(F)F)on3)cn2)[nH]c1C)CO. The number of methoxy groups -OCH3 is 1. The van der Waals surface area contributed by atoms with E-state index in [1.807, 2.05) is 13.0 Å². The number of aryl methyl sites for hydroxylation is 1. The number of H-pyrrole nitrogens is 1. The summed E-state index contributed by atoms with van der Waals surface area (Å²) in [4.78, 5) is 19.9. The van der Waals surface area contributed by atoms with Crippen molar-refractivity contribution in [1.82, 2.24) is 15.1 Å². The van der Waals surface area contributed by atoms with Gasteiger partial charge in [-0.3, -0.25) is 9.78 Å². The van der Waals surface area contributed by atoms with Crippen molar-refractivity contribution in [3.8, 4) is 11.4 Å². The van der Waals surface area contributed by atoms with E-state index in [0.29, 0.717) is 17.0 Å². The summed E-state index contributed by atoms with van der Waals surface area (Å²) < 4.78 is 49.3. The third-order valence-corrected chi connectivity index (χ3v) is 5.36. The highest BCUT2D eigenvalue weighted by molar-refractivity contribution is 5.91. The molecule has 3 N–H and O–H groups in total. The Hall–Kier alpha value is -3.60. The van der Waals surface area contributed by atoms with Gasteiger partial charge in [0.25, 0.3) is 0 Å². The van der Waals surface area contributed by atoms with Crippen molar-refractivity contribution in [3.05, 3.63) is 58.8 Å². The van der Waals surface area contributed by atoms with Crippen LogP contribution >= 0.6 is 0 Å². The number of ether oxygens (including phenoxy) is 1. The first-order valence-electron chi connectivity index (χ1n) is 10.3. The molecule has 0 saturated heterocycles. The number of rotatable bonds is 8. The third-order valence-electron chi connectivity index (χ3n) is 5.36. The van der Waals surface area contributed by atoms with Gasteiger partial charge in [0, 0.05) is 18.0 Å². The van der Waals surface area contributed by atoms with Gasteiger partial charge in [-0.15, -0.1) is 0 Å². The van der Waals surface area contributed by atoms with E-state index in [1.165, 1.54) is 13.3 Å². The van der Waals surface area contributed by atoms with Crippen molar-refractivity contribution in [2.45, 2.75) is 38.8 Å². The number of hydrogen-bond acceptors (Lipinski definition) is 6. The van der Waals surface area contributed by atoms with Crippen molar-refractivity contribution in [2.24, 2.45) is 0 Å². The number of hydrogen-bond donors (Lipinski definition) is 3. The van der Waals surface area contributed by atoms with Crippen LogP contribution in [-0.4, -0.2) is 46.0 Å². The van der Waals surface area contributed by atoms with Crippen LogP contribution in [0.4, 0.5) is 19.0 Å². The largest absolute Gasteiger partial charge is 0.499 e. The van der Waals surface area contributed by atoms with Crippen LogP contribution in [0.5, 0.6) is 0 Å². The number of nitrogens with zero attached hydrogens (tertiary/aromatic N) is 2. The first-order chi connectivity index (χ1) is 15.9. The lowest BCUT2D eigenvalue weighted by Gasteiger charge is -2.24. The molecule has 3 aromatic heterocycles. The second-order valence-electron chi connectivity index (χ2n) is 8.21. The number of anilines is 1. The molecule has 0 aliphatic rings.